The molecule has 3 rings (SSSR count). The number of aromatic nitrogens is 1. The molecule has 9 heteroatoms. The summed E-state index contributed by atoms with van der Waals surface area (Å²) >= 11 is 3.33. The predicted molar refractivity (Wildman–Crippen MR) is 91.2 cm³/mol. The first-order valence-electron chi connectivity index (χ1n) is 7.42. The molecule has 0 radical (unpaired) electrons. The van der Waals surface area contributed by atoms with Crippen LogP contribution in [-0.4, -0.2) is 58.0 Å². The number of nitrogens with zero attached hydrogens (tertiary/aromatic N) is 2. The summed E-state index contributed by atoms with van der Waals surface area (Å²) in [7, 11) is 1.57. The summed E-state index contributed by atoms with van der Waals surface area (Å²) in [5, 5.41) is 19.1. The van der Waals surface area contributed by atoms with Crippen LogP contribution in [0.3, 0.4) is 0 Å². The Morgan fingerprint density at radius 2 is 2.08 bits per heavy atom. The number of amides is 1. The number of halogens is 1. The largest absolute Gasteiger partial charge is 0.497 e. The molecule has 2 heterocycles. The molecule has 2 N–H and O–H groups in total. The minimum atomic E-state index is -1.28. The lowest BCUT2D eigenvalue weighted by Crippen LogP contribution is -2.39. The number of carboxylic acids is 1. The average molecular weight is 411 g/mol. The van der Waals surface area contributed by atoms with E-state index in [2.05, 4.69) is 20.9 Å². The SMILES string of the molecule is COc1ccc2nc(Br)c(O[C@@H]3C[C@@H](C(=O)O)N(C(=O)O)C3)cc2c1. The van der Waals surface area contributed by atoms with Gasteiger partial charge in [-0.3, -0.25) is 4.90 Å². The number of ether oxygens (including phenoxy) is 2. The number of methoxy groups -OCH3 is 1. The van der Waals surface area contributed by atoms with Gasteiger partial charge in [0, 0.05) is 11.8 Å². The monoisotopic (exact) mass is 410 g/mol. The Bertz CT molecular complexity index is 821. The van der Waals surface area contributed by atoms with Crippen LogP contribution < -0.4 is 9.47 Å². The number of rotatable bonds is 4. The smallest absolute Gasteiger partial charge is 0.408 e. The normalized spacial score (nSPS) is 19.8. The van der Waals surface area contributed by atoms with Crippen molar-refractivity contribution in [2.24, 2.45) is 0 Å². The van der Waals surface area contributed by atoms with Crippen molar-refractivity contribution in [3.05, 3.63) is 28.9 Å². The van der Waals surface area contributed by atoms with Gasteiger partial charge in [-0.25, -0.2) is 14.6 Å². The summed E-state index contributed by atoms with van der Waals surface area (Å²) in [6.45, 7) is -0.0190. The number of likely N-dealkylation sites (tertiary alicyclic amines) is 1. The third-order valence-electron chi connectivity index (χ3n) is 4.03. The van der Waals surface area contributed by atoms with Gasteiger partial charge in [-0.15, -0.1) is 0 Å². The minimum Gasteiger partial charge on any atom is -0.497 e. The van der Waals surface area contributed by atoms with E-state index in [1.54, 1.807) is 25.3 Å². The quantitative estimate of drug-likeness (QED) is 0.745. The lowest BCUT2D eigenvalue weighted by atomic mass is 10.2. The standard InChI is InChI=1S/C16H15BrN2O6/c1-24-9-2-3-11-8(4-9)5-13(14(17)18-11)25-10-6-12(15(20)21)19(7-10)16(22)23/h2-5,10,12H,6-7H2,1H3,(H,20,21)(H,22,23)/t10-,12+/m1/s1. The number of pyridine rings is 1. The third-order valence-corrected chi connectivity index (χ3v) is 4.60. The van der Waals surface area contributed by atoms with Gasteiger partial charge in [0.1, 0.15) is 22.5 Å². The van der Waals surface area contributed by atoms with E-state index >= 15 is 0 Å². The van der Waals surface area contributed by atoms with Crippen molar-refractivity contribution in [3.63, 3.8) is 0 Å². The molecule has 0 aliphatic carbocycles. The fourth-order valence-corrected chi connectivity index (χ4v) is 3.23. The van der Waals surface area contributed by atoms with Gasteiger partial charge < -0.3 is 19.7 Å². The van der Waals surface area contributed by atoms with Crippen molar-refractivity contribution >= 4 is 38.9 Å². The second-order valence-electron chi connectivity index (χ2n) is 5.60. The number of hydrogen-bond donors (Lipinski definition) is 2. The molecule has 1 aromatic heterocycles. The predicted octanol–water partition coefficient (Wildman–Crippen LogP) is 2.59. The van der Waals surface area contributed by atoms with Gasteiger partial charge in [0.25, 0.3) is 0 Å². The number of aliphatic carboxylic acids is 1. The fraction of sp³-hybridized carbons (Fsp3) is 0.312. The van der Waals surface area contributed by atoms with Gasteiger partial charge in [-0.2, -0.15) is 0 Å². The second kappa shape index (κ2) is 6.75. The topological polar surface area (TPSA) is 109 Å². The summed E-state index contributed by atoms with van der Waals surface area (Å²) in [6.07, 6.45) is -1.78. The first kappa shape index (κ1) is 17.3. The van der Waals surface area contributed by atoms with Crippen LogP contribution in [0.1, 0.15) is 6.42 Å². The van der Waals surface area contributed by atoms with Gasteiger partial charge in [0.15, 0.2) is 5.75 Å². The van der Waals surface area contributed by atoms with Crippen molar-refractivity contribution in [2.75, 3.05) is 13.7 Å². The molecule has 2 aromatic rings. The number of fused-ring (bicyclic) bond motifs is 1. The Kier molecular flexibility index (Phi) is 4.67. The van der Waals surface area contributed by atoms with Gasteiger partial charge in [-0.1, -0.05) is 0 Å². The van der Waals surface area contributed by atoms with Crippen LogP contribution in [0.2, 0.25) is 0 Å². The molecule has 1 amide bonds. The lowest BCUT2D eigenvalue weighted by Gasteiger charge is -2.17. The van der Waals surface area contributed by atoms with Crippen molar-refractivity contribution in [2.45, 2.75) is 18.6 Å². The highest BCUT2D eigenvalue weighted by Gasteiger charge is 2.41. The van der Waals surface area contributed by atoms with E-state index in [1.807, 2.05) is 6.07 Å². The van der Waals surface area contributed by atoms with Gasteiger partial charge in [0.2, 0.25) is 0 Å². The minimum absolute atomic E-state index is 0.0190. The van der Waals surface area contributed by atoms with Crippen molar-refractivity contribution in [3.8, 4) is 11.5 Å². The molecule has 132 valence electrons. The Balaban J connectivity index is 1.86. The highest BCUT2D eigenvalue weighted by Crippen LogP contribution is 2.32. The first-order valence-corrected chi connectivity index (χ1v) is 8.21. The van der Waals surface area contributed by atoms with Gasteiger partial charge in [0.05, 0.1) is 19.2 Å². The van der Waals surface area contributed by atoms with E-state index in [1.165, 1.54) is 0 Å². The molecule has 0 saturated carbocycles. The van der Waals surface area contributed by atoms with Gasteiger partial charge >= 0.3 is 12.1 Å². The highest BCUT2D eigenvalue weighted by molar-refractivity contribution is 9.10. The summed E-state index contributed by atoms with van der Waals surface area (Å²) in [5.74, 6) is -0.0949. The molecular weight excluding hydrogens is 396 g/mol. The zero-order chi connectivity index (χ0) is 18.1. The van der Waals surface area contributed by atoms with Crippen molar-refractivity contribution < 1.29 is 29.3 Å². The van der Waals surface area contributed by atoms with Crippen molar-refractivity contribution in [1.82, 2.24) is 9.88 Å². The summed E-state index contributed by atoms with van der Waals surface area (Å²) in [4.78, 5) is 27.7. The van der Waals surface area contributed by atoms with E-state index in [0.29, 0.717) is 16.1 Å². The zero-order valence-electron chi connectivity index (χ0n) is 13.2. The Morgan fingerprint density at radius 3 is 2.68 bits per heavy atom. The van der Waals surface area contributed by atoms with E-state index in [-0.39, 0.29) is 13.0 Å². The number of hydrogen-bond acceptors (Lipinski definition) is 5. The molecule has 1 aromatic carbocycles. The van der Waals surface area contributed by atoms with Crippen LogP contribution in [0, 0.1) is 0 Å². The second-order valence-corrected chi connectivity index (χ2v) is 6.35. The molecule has 0 bridgehead atoms. The van der Waals surface area contributed by atoms with E-state index in [9.17, 15) is 14.7 Å². The number of carboxylic acid groups (broad SMARTS) is 2. The maximum atomic E-state index is 11.2. The maximum Gasteiger partial charge on any atom is 0.408 e. The summed E-state index contributed by atoms with van der Waals surface area (Å²) in [6, 6.07) is 6.05. The van der Waals surface area contributed by atoms with Crippen molar-refractivity contribution in [1.29, 1.82) is 0 Å². The van der Waals surface area contributed by atoms with E-state index in [0.717, 1.165) is 15.8 Å². The molecule has 8 nitrogen and oxygen atoms in total. The molecule has 1 aliphatic rings. The Hall–Kier alpha value is -2.55. The summed E-state index contributed by atoms with van der Waals surface area (Å²) < 4.78 is 11.5. The summed E-state index contributed by atoms with van der Waals surface area (Å²) in [5.41, 5.74) is 0.738. The maximum absolute atomic E-state index is 11.2. The van der Waals surface area contributed by atoms with Crippen LogP contribution in [0.4, 0.5) is 4.79 Å². The number of carbonyl (C=O) groups is 2. The van der Waals surface area contributed by atoms with E-state index < -0.39 is 24.2 Å². The van der Waals surface area contributed by atoms with Crippen LogP contribution in [0.15, 0.2) is 28.9 Å². The third kappa shape index (κ3) is 3.46. The van der Waals surface area contributed by atoms with Crippen LogP contribution in [0.5, 0.6) is 11.5 Å². The molecule has 1 fully saturated rings. The molecular formula is C16H15BrN2O6. The Morgan fingerprint density at radius 1 is 1.32 bits per heavy atom. The van der Waals surface area contributed by atoms with E-state index in [4.69, 9.17) is 14.6 Å². The number of benzene rings is 1. The average Bonchev–Trinajstić information content (AvgIpc) is 2.99. The molecule has 0 unspecified atom stereocenters. The zero-order valence-corrected chi connectivity index (χ0v) is 14.8. The molecule has 1 saturated heterocycles. The van der Waals surface area contributed by atoms with Crippen LogP contribution in [-0.2, 0) is 4.79 Å². The lowest BCUT2D eigenvalue weighted by molar-refractivity contribution is -0.141. The highest BCUT2D eigenvalue weighted by atomic mass is 79.9. The van der Waals surface area contributed by atoms with Gasteiger partial charge in [-0.05, 0) is 40.2 Å². The van der Waals surface area contributed by atoms with Crippen LogP contribution in [0.25, 0.3) is 10.9 Å². The fourth-order valence-electron chi connectivity index (χ4n) is 2.83. The molecule has 25 heavy (non-hydrogen) atoms. The Labute approximate surface area is 151 Å². The first-order chi connectivity index (χ1) is 11.9. The molecule has 1 aliphatic heterocycles. The molecule has 0 spiro atoms. The van der Waals surface area contributed by atoms with Crippen LogP contribution >= 0.6 is 15.9 Å². The molecule has 2 atom stereocenters.